The Morgan fingerprint density at radius 2 is 1.96 bits per heavy atom. The molecule has 1 saturated carbocycles. The molecule has 8 rings (SSSR count). The number of aliphatic hydroxyl groups is 3. The molecule has 0 amide bonds. The number of carbonyl (C=O) groups is 2. The fraction of sp³-hybridized carbons (Fsp3) is 0.538. The van der Waals surface area contributed by atoms with E-state index in [0.29, 0.717) is 43.5 Å². The number of fused-ring (bicyclic) bond motifs is 4. The SMILES string of the molecule is CCN1CCc2c([nH]c3ccccc23)[C@@](C(=O)OC)(c2cc3c(cc2OC)N(C)C2C34CCN3CC=CC(C(O)[C@]2(O)C=O)[C@H]34)CC(CO)C1. The molecule has 1 aliphatic carbocycles. The topological polar surface area (TPSA) is 139 Å². The zero-order chi connectivity index (χ0) is 35.2. The van der Waals surface area contributed by atoms with Crippen LogP contribution < -0.4 is 9.64 Å². The third-order valence-corrected chi connectivity index (χ3v) is 13.1. The van der Waals surface area contributed by atoms with E-state index in [0.717, 1.165) is 53.0 Å². The highest BCUT2D eigenvalue weighted by molar-refractivity contribution is 5.94. The van der Waals surface area contributed by atoms with Crippen LogP contribution in [0.25, 0.3) is 10.9 Å². The second-order valence-corrected chi connectivity index (χ2v) is 15.1. The van der Waals surface area contributed by atoms with E-state index < -0.39 is 40.5 Å². The first-order chi connectivity index (χ1) is 24.1. The summed E-state index contributed by atoms with van der Waals surface area (Å²) in [5.74, 6) is -0.740. The Bertz CT molecular complexity index is 1880. The Morgan fingerprint density at radius 1 is 1.16 bits per heavy atom. The minimum Gasteiger partial charge on any atom is -0.496 e. The van der Waals surface area contributed by atoms with Gasteiger partial charge in [0, 0.05) is 84.6 Å². The molecule has 5 aliphatic rings. The third-order valence-electron chi connectivity index (χ3n) is 13.1. The number of aromatic nitrogens is 1. The minimum absolute atomic E-state index is 0.123. The highest BCUT2D eigenvalue weighted by atomic mass is 16.5. The molecule has 1 aromatic heterocycles. The molecule has 8 atom stereocenters. The van der Waals surface area contributed by atoms with Crippen LogP contribution in [0.1, 0.15) is 42.1 Å². The molecule has 0 radical (unpaired) electrons. The van der Waals surface area contributed by atoms with Crippen molar-refractivity contribution in [3.05, 3.63) is 70.9 Å². The Morgan fingerprint density at radius 3 is 2.68 bits per heavy atom. The molecule has 266 valence electrons. The third kappa shape index (κ3) is 4.21. The number of esters is 1. The van der Waals surface area contributed by atoms with E-state index in [9.17, 15) is 24.9 Å². The van der Waals surface area contributed by atoms with Crippen LogP contribution in [-0.4, -0.2) is 127 Å². The summed E-state index contributed by atoms with van der Waals surface area (Å²) in [6.07, 6.45) is 4.80. The van der Waals surface area contributed by atoms with Gasteiger partial charge in [0.15, 0.2) is 11.9 Å². The first-order valence-electron chi connectivity index (χ1n) is 17.9. The van der Waals surface area contributed by atoms with Gasteiger partial charge >= 0.3 is 5.97 Å². The molecule has 5 heterocycles. The molecule has 0 bridgehead atoms. The maximum Gasteiger partial charge on any atom is 0.322 e. The summed E-state index contributed by atoms with van der Waals surface area (Å²) in [4.78, 5) is 38.1. The van der Waals surface area contributed by atoms with E-state index in [4.69, 9.17) is 9.47 Å². The van der Waals surface area contributed by atoms with Crippen LogP contribution in [0.4, 0.5) is 5.69 Å². The summed E-state index contributed by atoms with van der Waals surface area (Å²) in [5.41, 5.74) is 0.787. The van der Waals surface area contributed by atoms with Crippen molar-refractivity contribution in [2.24, 2.45) is 11.8 Å². The number of nitrogens with one attached hydrogen (secondary N) is 1. The van der Waals surface area contributed by atoms with Crippen molar-refractivity contribution in [3.63, 3.8) is 0 Å². The van der Waals surface area contributed by atoms with E-state index >= 15 is 0 Å². The van der Waals surface area contributed by atoms with Crippen molar-refractivity contribution in [2.45, 2.75) is 60.8 Å². The molecule has 4 aliphatic heterocycles. The lowest BCUT2D eigenvalue weighted by atomic mass is 9.54. The van der Waals surface area contributed by atoms with Gasteiger partial charge in [-0.05, 0) is 61.5 Å². The Balaban J connectivity index is 1.45. The molecular formula is C39H48N4O7. The number of ether oxygens (including phenoxy) is 2. The maximum atomic E-state index is 14.9. The fourth-order valence-corrected chi connectivity index (χ4v) is 11.0. The second kappa shape index (κ2) is 11.9. The standard InChI is InChI=1S/C39H48N4O7/c1-5-42-15-12-25-24-9-6-7-11-29(24)40-32(25)38(36(47)50-4,19-23(20-42)21-44)28-17-27-30(18-31(28)49-3)41(2)35-37(27)13-16-43-14-8-10-26(33(37)43)34(46)39(35,48)22-45/h6-11,17-18,22-23,26,33-35,40,44,46,48H,5,12-16,19-21H2,1-4H3/t23?,26?,33-,34?,35?,37?,38-,39+/m0/s1. The molecule has 11 nitrogen and oxygen atoms in total. The van der Waals surface area contributed by atoms with E-state index in [2.05, 4.69) is 33.8 Å². The predicted molar refractivity (Wildman–Crippen MR) is 189 cm³/mol. The number of H-pyrrole nitrogens is 1. The number of aromatic amines is 1. The highest BCUT2D eigenvalue weighted by Crippen LogP contribution is 2.63. The molecule has 1 spiro atoms. The summed E-state index contributed by atoms with van der Waals surface area (Å²) < 4.78 is 12.0. The summed E-state index contributed by atoms with van der Waals surface area (Å²) in [5, 5.41) is 35.8. The van der Waals surface area contributed by atoms with Gasteiger partial charge in [-0.15, -0.1) is 0 Å². The molecular weight excluding hydrogens is 636 g/mol. The molecule has 4 N–H and O–H groups in total. The van der Waals surface area contributed by atoms with Gasteiger partial charge in [0.1, 0.15) is 11.2 Å². The van der Waals surface area contributed by atoms with Crippen LogP contribution in [0.2, 0.25) is 0 Å². The highest BCUT2D eigenvalue weighted by Gasteiger charge is 2.73. The minimum atomic E-state index is -2.05. The average Bonchev–Trinajstić information content (AvgIpc) is 3.80. The van der Waals surface area contributed by atoms with Crippen LogP contribution in [0.3, 0.4) is 0 Å². The summed E-state index contributed by atoms with van der Waals surface area (Å²) >= 11 is 0. The summed E-state index contributed by atoms with van der Waals surface area (Å²) in [6, 6.07) is 11.2. The van der Waals surface area contributed by atoms with Crippen LogP contribution in [0.5, 0.6) is 5.75 Å². The molecule has 1 saturated heterocycles. The van der Waals surface area contributed by atoms with Gasteiger partial charge in [0.25, 0.3) is 0 Å². The van der Waals surface area contributed by atoms with Gasteiger partial charge < -0.3 is 39.6 Å². The lowest BCUT2D eigenvalue weighted by Crippen LogP contribution is -2.75. The molecule has 2 fully saturated rings. The molecule has 11 heteroatoms. The maximum absolute atomic E-state index is 14.9. The monoisotopic (exact) mass is 684 g/mol. The molecule has 5 unspecified atom stereocenters. The quantitative estimate of drug-likeness (QED) is 0.174. The van der Waals surface area contributed by atoms with E-state index in [1.54, 1.807) is 7.11 Å². The largest absolute Gasteiger partial charge is 0.496 e. The molecule has 2 aromatic carbocycles. The number of anilines is 1. The number of nitrogens with zero attached hydrogens (tertiary/aromatic N) is 3. The lowest BCUT2D eigenvalue weighted by Gasteiger charge is -2.57. The van der Waals surface area contributed by atoms with Crippen LogP contribution in [0.15, 0.2) is 48.6 Å². The van der Waals surface area contributed by atoms with Crippen molar-refractivity contribution >= 4 is 28.8 Å². The number of likely N-dealkylation sites (N-methyl/N-ethyl adjacent to an activating group) is 2. The van der Waals surface area contributed by atoms with Crippen molar-refractivity contribution in [3.8, 4) is 5.75 Å². The van der Waals surface area contributed by atoms with Crippen molar-refractivity contribution in [1.82, 2.24) is 14.8 Å². The van der Waals surface area contributed by atoms with Gasteiger partial charge in [-0.1, -0.05) is 37.3 Å². The second-order valence-electron chi connectivity index (χ2n) is 15.1. The number of hydrogen-bond donors (Lipinski definition) is 4. The van der Waals surface area contributed by atoms with E-state index in [1.807, 2.05) is 48.4 Å². The van der Waals surface area contributed by atoms with Gasteiger partial charge in [0.05, 0.1) is 26.4 Å². The number of aliphatic hydroxyl groups excluding tert-OH is 2. The number of aldehydes is 1. The zero-order valence-corrected chi connectivity index (χ0v) is 29.3. The average molecular weight is 685 g/mol. The summed E-state index contributed by atoms with van der Waals surface area (Å²) in [6.45, 7) is 5.60. The Labute approximate surface area is 292 Å². The number of carbonyl (C=O) groups excluding carboxylic acids is 2. The predicted octanol–water partition coefficient (Wildman–Crippen LogP) is 2.13. The normalized spacial score (nSPS) is 35.0. The Kier molecular flexibility index (Phi) is 7.96. The van der Waals surface area contributed by atoms with E-state index in [-0.39, 0.29) is 25.0 Å². The Hall–Kier alpha value is -3.74. The van der Waals surface area contributed by atoms with Gasteiger partial charge in [-0.2, -0.15) is 0 Å². The first kappa shape index (κ1) is 33.4. The molecule has 3 aromatic rings. The first-order valence-corrected chi connectivity index (χ1v) is 17.9. The van der Waals surface area contributed by atoms with Gasteiger partial charge in [-0.3, -0.25) is 14.5 Å². The van der Waals surface area contributed by atoms with Crippen LogP contribution in [0, 0.1) is 11.8 Å². The number of para-hydroxylation sites is 1. The van der Waals surface area contributed by atoms with Crippen molar-refractivity contribution in [2.75, 3.05) is 65.5 Å². The zero-order valence-electron chi connectivity index (χ0n) is 29.3. The number of rotatable bonds is 6. The van der Waals surface area contributed by atoms with Crippen molar-refractivity contribution < 1.29 is 34.4 Å². The lowest BCUT2D eigenvalue weighted by molar-refractivity contribution is -0.168. The summed E-state index contributed by atoms with van der Waals surface area (Å²) in [7, 11) is 4.87. The van der Waals surface area contributed by atoms with Crippen LogP contribution in [-0.2, 0) is 31.6 Å². The van der Waals surface area contributed by atoms with Gasteiger partial charge in [0.2, 0.25) is 0 Å². The number of benzene rings is 2. The number of methoxy groups -OCH3 is 2. The fourth-order valence-electron chi connectivity index (χ4n) is 11.0. The molecule has 50 heavy (non-hydrogen) atoms. The van der Waals surface area contributed by atoms with E-state index in [1.165, 1.54) is 7.11 Å². The van der Waals surface area contributed by atoms with Gasteiger partial charge in [-0.25, -0.2) is 0 Å². The smallest absolute Gasteiger partial charge is 0.322 e. The number of hydrogen-bond acceptors (Lipinski definition) is 10. The van der Waals surface area contributed by atoms with Crippen molar-refractivity contribution in [1.29, 1.82) is 0 Å². The van der Waals surface area contributed by atoms with Crippen LogP contribution >= 0.6 is 0 Å².